The molecule has 1 atom stereocenters. The van der Waals surface area contributed by atoms with Crippen molar-refractivity contribution in [3.05, 3.63) is 28.2 Å². The van der Waals surface area contributed by atoms with Crippen molar-refractivity contribution in [3.8, 4) is 0 Å². The largest absolute Gasteiger partial charge is 0.371 e. The molecule has 1 fully saturated rings. The van der Waals surface area contributed by atoms with E-state index >= 15 is 0 Å². The van der Waals surface area contributed by atoms with Gasteiger partial charge in [0.2, 0.25) is 0 Å². The monoisotopic (exact) mass is 324 g/mol. The molecule has 1 aromatic carbocycles. The highest BCUT2D eigenvalue weighted by atomic mass is 79.9. The Morgan fingerprint density at radius 1 is 1.37 bits per heavy atom. The molecule has 2 rings (SSSR count). The number of hydrogen-bond donors (Lipinski definition) is 1. The second kappa shape index (κ2) is 6.76. The first-order chi connectivity index (χ1) is 9.10. The number of anilines is 1. The Hall–Kier alpha value is -0.540. The standard InChI is InChI=1S/C16H25BrN2/c1-3-13-6-8-19(9-7-13)15-5-4-14(10-12(2)18)16(17)11-15/h4-5,11-13H,3,6-10,18H2,1-2H3. The summed E-state index contributed by atoms with van der Waals surface area (Å²) in [7, 11) is 0. The Kier molecular flexibility index (Phi) is 5.28. The van der Waals surface area contributed by atoms with Crippen LogP contribution >= 0.6 is 15.9 Å². The molecule has 0 saturated carbocycles. The van der Waals surface area contributed by atoms with E-state index in [9.17, 15) is 0 Å². The molecule has 0 amide bonds. The molecule has 106 valence electrons. The van der Waals surface area contributed by atoms with Gasteiger partial charge in [-0.3, -0.25) is 0 Å². The molecule has 0 aliphatic carbocycles. The number of nitrogens with two attached hydrogens (primary N) is 1. The number of hydrogen-bond acceptors (Lipinski definition) is 2. The molecule has 0 spiro atoms. The van der Waals surface area contributed by atoms with Gasteiger partial charge < -0.3 is 10.6 Å². The van der Waals surface area contributed by atoms with Crippen molar-refractivity contribution < 1.29 is 0 Å². The third kappa shape index (κ3) is 3.96. The Morgan fingerprint density at radius 2 is 2.05 bits per heavy atom. The van der Waals surface area contributed by atoms with Gasteiger partial charge in [0.1, 0.15) is 0 Å². The molecule has 1 saturated heterocycles. The van der Waals surface area contributed by atoms with Gasteiger partial charge in [-0.05, 0) is 49.8 Å². The van der Waals surface area contributed by atoms with E-state index in [1.807, 2.05) is 0 Å². The van der Waals surface area contributed by atoms with Gasteiger partial charge in [-0.1, -0.05) is 35.3 Å². The average molecular weight is 325 g/mol. The summed E-state index contributed by atoms with van der Waals surface area (Å²) < 4.78 is 1.19. The zero-order chi connectivity index (χ0) is 13.8. The molecule has 0 radical (unpaired) electrons. The first-order valence-corrected chi connectivity index (χ1v) is 8.18. The lowest BCUT2D eigenvalue weighted by Crippen LogP contribution is -2.33. The van der Waals surface area contributed by atoms with E-state index in [-0.39, 0.29) is 6.04 Å². The van der Waals surface area contributed by atoms with Gasteiger partial charge in [-0.15, -0.1) is 0 Å². The first-order valence-electron chi connectivity index (χ1n) is 7.39. The fraction of sp³-hybridized carbons (Fsp3) is 0.625. The Labute approximate surface area is 125 Å². The van der Waals surface area contributed by atoms with Crippen molar-refractivity contribution in [2.45, 2.75) is 45.6 Å². The second-order valence-corrected chi connectivity index (χ2v) is 6.65. The molecule has 1 aliphatic heterocycles. The zero-order valence-electron chi connectivity index (χ0n) is 12.0. The SMILES string of the molecule is CCC1CCN(c2ccc(CC(C)N)c(Br)c2)CC1. The first kappa shape index (κ1) is 14.9. The minimum absolute atomic E-state index is 0.211. The molecule has 0 bridgehead atoms. The maximum absolute atomic E-state index is 5.87. The number of benzene rings is 1. The maximum Gasteiger partial charge on any atom is 0.0377 e. The van der Waals surface area contributed by atoms with Crippen molar-refractivity contribution in [1.29, 1.82) is 0 Å². The molecule has 1 unspecified atom stereocenters. The van der Waals surface area contributed by atoms with Gasteiger partial charge >= 0.3 is 0 Å². The maximum atomic E-state index is 5.87. The van der Waals surface area contributed by atoms with Crippen molar-refractivity contribution in [2.24, 2.45) is 11.7 Å². The summed E-state index contributed by atoms with van der Waals surface area (Å²) in [6, 6.07) is 6.93. The molecule has 1 aromatic rings. The summed E-state index contributed by atoms with van der Waals surface area (Å²) in [6.07, 6.45) is 4.91. The van der Waals surface area contributed by atoms with Crippen LogP contribution in [0.2, 0.25) is 0 Å². The molecule has 0 aromatic heterocycles. The van der Waals surface area contributed by atoms with Crippen LogP contribution in [0.4, 0.5) is 5.69 Å². The highest BCUT2D eigenvalue weighted by Gasteiger charge is 2.18. The number of nitrogens with zero attached hydrogens (tertiary/aromatic N) is 1. The lowest BCUT2D eigenvalue weighted by molar-refractivity contribution is 0.395. The van der Waals surface area contributed by atoms with Crippen LogP contribution < -0.4 is 10.6 Å². The Balaban J connectivity index is 2.04. The molecule has 2 N–H and O–H groups in total. The van der Waals surface area contributed by atoms with Crippen molar-refractivity contribution >= 4 is 21.6 Å². The summed E-state index contributed by atoms with van der Waals surface area (Å²) in [5, 5.41) is 0. The van der Waals surface area contributed by atoms with Crippen LogP contribution in [-0.2, 0) is 6.42 Å². The fourth-order valence-electron chi connectivity index (χ4n) is 2.84. The average Bonchev–Trinajstić information content (AvgIpc) is 2.41. The van der Waals surface area contributed by atoms with Crippen LogP contribution in [0.15, 0.2) is 22.7 Å². The molecule has 1 aliphatic rings. The van der Waals surface area contributed by atoms with Crippen LogP contribution in [0.3, 0.4) is 0 Å². The lowest BCUT2D eigenvalue weighted by atomic mass is 9.94. The van der Waals surface area contributed by atoms with Crippen LogP contribution in [-0.4, -0.2) is 19.1 Å². The van der Waals surface area contributed by atoms with Crippen LogP contribution in [0, 0.1) is 5.92 Å². The zero-order valence-corrected chi connectivity index (χ0v) is 13.6. The van der Waals surface area contributed by atoms with E-state index in [0.717, 1.165) is 12.3 Å². The van der Waals surface area contributed by atoms with Gasteiger partial charge in [-0.2, -0.15) is 0 Å². The highest BCUT2D eigenvalue weighted by molar-refractivity contribution is 9.10. The molecular formula is C16H25BrN2. The second-order valence-electron chi connectivity index (χ2n) is 5.80. The van der Waals surface area contributed by atoms with Gasteiger partial charge in [0.25, 0.3) is 0 Å². The Bertz CT molecular complexity index is 409. The summed E-state index contributed by atoms with van der Waals surface area (Å²) in [6.45, 7) is 6.74. The molecule has 2 nitrogen and oxygen atoms in total. The van der Waals surface area contributed by atoms with Crippen molar-refractivity contribution in [1.82, 2.24) is 0 Å². The third-order valence-electron chi connectivity index (χ3n) is 4.14. The quantitative estimate of drug-likeness (QED) is 0.908. The van der Waals surface area contributed by atoms with Crippen LogP contribution in [0.1, 0.15) is 38.7 Å². The van der Waals surface area contributed by atoms with E-state index in [4.69, 9.17) is 5.73 Å². The molecule has 1 heterocycles. The van der Waals surface area contributed by atoms with E-state index in [2.05, 4.69) is 52.9 Å². The number of piperidine rings is 1. The Morgan fingerprint density at radius 3 is 2.58 bits per heavy atom. The summed E-state index contributed by atoms with van der Waals surface area (Å²) in [4.78, 5) is 2.51. The summed E-state index contributed by atoms with van der Waals surface area (Å²) >= 11 is 3.69. The predicted octanol–water partition coefficient (Wildman–Crippen LogP) is 3.97. The number of halogens is 1. The molecular weight excluding hydrogens is 300 g/mol. The van der Waals surface area contributed by atoms with E-state index < -0.39 is 0 Å². The van der Waals surface area contributed by atoms with E-state index in [1.165, 1.54) is 48.1 Å². The summed E-state index contributed by atoms with van der Waals surface area (Å²) in [5.41, 5.74) is 8.52. The van der Waals surface area contributed by atoms with Crippen molar-refractivity contribution in [3.63, 3.8) is 0 Å². The van der Waals surface area contributed by atoms with Gasteiger partial charge in [0, 0.05) is 29.3 Å². The third-order valence-corrected chi connectivity index (χ3v) is 4.87. The normalized spacial score (nSPS) is 18.6. The van der Waals surface area contributed by atoms with E-state index in [1.54, 1.807) is 0 Å². The van der Waals surface area contributed by atoms with Gasteiger partial charge in [0.15, 0.2) is 0 Å². The van der Waals surface area contributed by atoms with Crippen molar-refractivity contribution in [2.75, 3.05) is 18.0 Å². The van der Waals surface area contributed by atoms with Crippen LogP contribution in [0.5, 0.6) is 0 Å². The van der Waals surface area contributed by atoms with E-state index in [0.29, 0.717) is 0 Å². The molecule has 3 heteroatoms. The topological polar surface area (TPSA) is 29.3 Å². The minimum atomic E-state index is 0.211. The predicted molar refractivity (Wildman–Crippen MR) is 86.7 cm³/mol. The minimum Gasteiger partial charge on any atom is -0.371 e. The summed E-state index contributed by atoms with van der Waals surface area (Å²) in [5.74, 6) is 0.928. The smallest absolute Gasteiger partial charge is 0.0377 e. The van der Waals surface area contributed by atoms with Gasteiger partial charge in [0.05, 0.1) is 0 Å². The van der Waals surface area contributed by atoms with Gasteiger partial charge in [-0.25, -0.2) is 0 Å². The highest BCUT2D eigenvalue weighted by Crippen LogP contribution is 2.29. The number of rotatable bonds is 4. The van der Waals surface area contributed by atoms with Crippen LogP contribution in [0.25, 0.3) is 0 Å². The molecule has 19 heavy (non-hydrogen) atoms. The lowest BCUT2D eigenvalue weighted by Gasteiger charge is -2.33. The fourth-order valence-corrected chi connectivity index (χ4v) is 3.37.